The van der Waals surface area contributed by atoms with Crippen LogP contribution in [0.5, 0.6) is 0 Å². The Morgan fingerprint density at radius 2 is 1.46 bits per heavy atom. The van der Waals surface area contributed by atoms with Gasteiger partial charge in [-0.2, -0.15) is 5.26 Å². The molecule has 1 aliphatic rings. The van der Waals surface area contributed by atoms with Gasteiger partial charge in [0.1, 0.15) is 18.2 Å². The molecule has 0 unspecified atom stereocenters. The molecule has 0 amide bonds. The summed E-state index contributed by atoms with van der Waals surface area (Å²) in [5, 5.41) is 12.2. The van der Waals surface area contributed by atoms with E-state index in [1.54, 1.807) is 0 Å². The standard InChI is InChI=1S/C34H33N2O/c1-21-10-16-28-29-17-15-27(19-35)32(26-13-11-25(12-14-26)24-8-6-5-7-9-24)34(29)37-33(28)31(21)30-18-22(2)23(3)20-36(30)4/h10-18,20,24H,5-9H2,1-4H3/q+1. The molecule has 1 saturated carbocycles. The normalized spacial score (nSPS) is 14.4. The molecule has 2 aromatic heterocycles. The first-order valence-electron chi connectivity index (χ1n) is 13.4. The molecule has 0 spiro atoms. The SMILES string of the molecule is Cc1cc(-c2c(C)ccc3c2oc2c(-c4ccc(C5CCCCC5)cc4)c(C#N)ccc23)[n+](C)cc1C. The number of aromatic nitrogens is 1. The average Bonchev–Trinajstić information content (AvgIpc) is 3.29. The number of benzene rings is 3. The van der Waals surface area contributed by atoms with Crippen molar-refractivity contribution in [2.75, 3.05) is 0 Å². The fourth-order valence-electron chi connectivity index (χ4n) is 6.19. The average molecular weight is 486 g/mol. The Kier molecular flexibility index (Phi) is 5.84. The maximum absolute atomic E-state index is 10.0. The molecule has 0 N–H and O–H groups in total. The van der Waals surface area contributed by atoms with Crippen LogP contribution < -0.4 is 4.57 Å². The smallest absolute Gasteiger partial charge is 0.216 e. The van der Waals surface area contributed by atoms with Crippen LogP contribution in [0.15, 0.2) is 65.2 Å². The number of pyridine rings is 1. The lowest BCUT2D eigenvalue weighted by molar-refractivity contribution is -0.660. The zero-order valence-corrected chi connectivity index (χ0v) is 22.2. The van der Waals surface area contributed by atoms with Crippen LogP contribution in [0.25, 0.3) is 44.3 Å². The van der Waals surface area contributed by atoms with E-state index in [0.29, 0.717) is 11.5 Å². The van der Waals surface area contributed by atoms with E-state index < -0.39 is 0 Å². The highest BCUT2D eigenvalue weighted by Gasteiger charge is 2.24. The van der Waals surface area contributed by atoms with Crippen molar-refractivity contribution in [3.05, 3.63) is 88.6 Å². The Balaban J connectivity index is 1.57. The summed E-state index contributed by atoms with van der Waals surface area (Å²) in [5.41, 5.74) is 11.6. The number of fused-ring (bicyclic) bond motifs is 3. The van der Waals surface area contributed by atoms with Crippen molar-refractivity contribution in [1.82, 2.24) is 0 Å². The van der Waals surface area contributed by atoms with Crippen LogP contribution in [0.4, 0.5) is 0 Å². The molecule has 5 aromatic rings. The van der Waals surface area contributed by atoms with Crippen molar-refractivity contribution >= 4 is 21.9 Å². The van der Waals surface area contributed by atoms with Gasteiger partial charge in [0, 0.05) is 28.0 Å². The Hall–Kier alpha value is -3.90. The highest BCUT2D eigenvalue weighted by Crippen LogP contribution is 2.42. The third-order valence-electron chi connectivity index (χ3n) is 8.41. The molecule has 37 heavy (non-hydrogen) atoms. The molecule has 0 bridgehead atoms. The van der Waals surface area contributed by atoms with Crippen LogP contribution in [0.3, 0.4) is 0 Å². The Labute approximate surface area is 219 Å². The molecule has 1 aliphatic carbocycles. The van der Waals surface area contributed by atoms with Gasteiger partial charge in [0.25, 0.3) is 0 Å². The molecule has 2 heterocycles. The van der Waals surface area contributed by atoms with E-state index in [0.717, 1.165) is 44.3 Å². The number of aryl methyl sites for hydroxylation is 4. The summed E-state index contributed by atoms with van der Waals surface area (Å²) in [6, 6.07) is 21.9. The second kappa shape index (κ2) is 9.20. The van der Waals surface area contributed by atoms with Crippen LogP contribution in [-0.4, -0.2) is 0 Å². The van der Waals surface area contributed by atoms with E-state index >= 15 is 0 Å². The molecule has 3 nitrogen and oxygen atoms in total. The summed E-state index contributed by atoms with van der Waals surface area (Å²) in [5.74, 6) is 0.657. The second-order valence-corrected chi connectivity index (χ2v) is 10.8. The zero-order valence-electron chi connectivity index (χ0n) is 22.2. The van der Waals surface area contributed by atoms with Gasteiger partial charge in [-0.1, -0.05) is 55.7 Å². The van der Waals surface area contributed by atoms with E-state index in [1.807, 2.05) is 12.1 Å². The first-order chi connectivity index (χ1) is 18.0. The first-order valence-corrected chi connectivity index (χ1v) is 13.4. The Morgan fingerprint density at radius 3 is 2.16 bits per heavy atom. The third-order valence-corrected chi connectivity index (χ3v) is 8.41. The summed E-state index contributed by atoms with van der Waals surface area (Å²) in [4.78, 5) is 0. The van der Waals surface area contributed by atoms with Crippen LogP contribution >= 0.6 is 0 Å². The summed E-state index contributed by atoms with van der Waals surface area (Å²) in [6.45, 7) is 6.44. The lowest BCUT2D eigenvalue weighted by atomic mass is 9.83. The van der Waals surface area contributed by atoms with Gasteiger partial charge in [-0.05, 0) is 73.9 Å². The lowest BCUT2D eigenvalue weighted by Gasteiger charge is -2.22. The van der Waals surface area contributed by atoms with E-state index in [-0.39, 0.29) is 0 Å². The first kappa shape index (κ1) is 23.5. The van der Waals surface area contributed by atoms with Crippen molar-refractivity contribution in [3.8, 4) is 28.5 Å². The number of hydrogen-bond donors (Lipinski definition) is 0. The lowest BCUT2D eigenvalue weighted by Crippen LogP contribution is -2.31. The minimum atomic E-state index is 0.645. The van der Waals surface area contributed by atoms with Gasteiger partial charge >= 0.3 is 0 Å². The van der Waals surface area contributed by atoms with Gasteiger partial charge in [0.2, 0.25) is 5.69 Å². The second-order valence-electron chi connectivity index (χ2n) is 10.8. The third kappa shape index (κ3) is 3.92. The topological polar surface area (TPSA) is 40.8 Å². The molecule has 184 valence electrons. The fourth-order valence-corrected chi connectivity index (χ4v) is 6.19. The highest BCUT2D eigenvalue weighted by molar-refractivity contribution is 6.14. The predicted molar refractivity (Wildman–Crippen MR) is 151 cm³/mol. The monoisotopic (exact) mass is 485 g/mol. The fraction of sp³-hybridized carbons (Fsp3) is 0.294. The molecule has 3 heteroatoms. The van der Waals surface area contributed by atoms with Crippen LogP contribution in [0.2, 0.25) is 0 Å². The quantitative estimate of drug-likeness (QED) is 0.240. The molecule has 6 rings (SSSR count). The summed E-state index contributed by atoms with van der Waals surface area (Å²) >= 11 is 0. The van der Waals surface area contributed by atoms with Gasteiger partial charge in [-0.25, -0.2) is 4.57 Å². The number of hydrogen-bond acceptors (Lipinski definition) is 2. The number of nitriles is 1. The zero-order chi connectivity index (χ0) is 25.7. The van der Waals surface area contributed by atoms with Gasteiger partial charge in [-0.15, -0.1) is 0 Å². The van der Waals surface area contributed by atoms with E-state index in [9.17, 15) is 5.26 Å². The minimum absolute atomic E-state index is 0.645. The molecular formula is C34H33N2O+. The van der Waals surface area contributed by atoms with E-state index in [2.05, 4.69) is 87.1 Å². The number of furan rings is 1. The number of rotatable bonds is 3. The van der Waals surface area contributed by atoms with Crippen LogP contribution in [-0.2, 0) is 7.05 Å². The van der Waals surface area contributed by atoms with Gasteiger partial charge in [0.15, 0.2) is 6.20 Å². The number of nitrogens with zero attached hydrogens (tertiary/aromatic N) is 2. The predicted octanol–water partition coefficient (Wildman–Crippen LogP) is 8.59. The summed E-state index contributed by atoms with van der Waals surface area (Å²) < 4.78 is 8.94. The van der Waals surface area contributed by atoms with Crippen molar-refractivity contribution in [1.29, 1.82) is 5.26 Å². The highest BCUT2D eigenvalue weighted by atomic mass is 16.3. The largest absolute Gasteiger partial charge is 0.454 e. The summed E-state index contributed by atoms with van der Waals surface area (Å²) in [7, 11) is 2.09. The maximum atomic E-state index is 10.0. The van der Waals surface area contributed by atoms with Crippen molar-refractivity contribution in [2.45, 2.75) is 58.8 Å². The van der Waals surface area contributed by atoms with Gasteiger partial charge in [0.05, 0.1) is 17.2 Å². The molecular weight excluding hydrogens is 452 g/mol. The van der Waals surface area contributed by atoms with Crippen LogP contribution in [0, 0.1) is 32.1 Å². The van der Waals surface area contributed by atoms with Crippen LogP contribution in [0.1, 0.15) is 65.8 Å². The Morgan fingerprint density at radius 1 is 0.784 bits per heavy atom. The molecule has 0 atom stereocenters. The van der Waals surface area contributed by atoms with Gasteiger partial charge in [-0.3, -0.25) is 0 Å². The van der Waals surface area contributed by atoms with Gasteiger partial charge < -0.3 is 4.42 Å². The molecule has 0 radical (unpaired) electrons. The molecule has 0 saturated heterocycles. The van der Waals surface area contributed by atoms with Crippen molar-refractivity contribution < 1.29 is 8.98 Å². The van der Waals surface area contributed by atoms with E-state index in [1.165, 1.54) is 54.4 Å². The minimum Gasteiger partial charge on any atom is -0.454 e. The maximum Gasteiger partial charge on any atom is 0.216 e. The summed E-state index contributed by atoms with van der Waals surface area (Å²) in [6.07, 6.45) is 8.74. The van der Waals surface area contributed by atoms with Crippen molar-refractivity contribution in [2.24, 2.45) is 7.05 Å². The molecule has 1 fully saturated rings. The molecule has 3 aromatic carbocycles. The van der Waals surface area contributed by atoms with E-state index in [4.69, 9.17) is 4.42 Å². The Bertz CT molecular complexity index is 1690. The van der Waals surface area contributed by atoms with Crippen molar-refractivity contribution in [3.63, 3.8) is 0 Å². The molecule has 0 aliphatic heterocycles.